The van der Waals surface area contributed by atoms with Crippen LogP contribution >= 0.6 is 0 Å². The maximum Gasteiger partial charge on any atom is 0.673 e. The highest BCUT2D eigenvalue weighted by Crippen LogP contribution is 2.23. The molecule has 0 radical (unpaired) electrons. The summed E-state index contributed by atoms with van der Waals surface area (Å²) in [4.78, 5) is 2.47. The molecule has 7 heteroatoms. The van der Waals surface area contributed by atoms with Crippen LogP contribution in [-0.4, -0.2) is 36.2 Å². The van der Waals surface area contributed by atoms with Gasteiger partial charge in [0.25, 0.3) is 0 Å². The number of benzene rings is 2. The van der Waals surface area contributed by atoms with Crippen LogP contribution in [0.2, 0.25) is 0 Å². The normalized spacial score (nSPS) is 16.7. The van der Waals surface area contributed by atoms with Gasteiger partial charge >= 0.3 is 7.25 Å². The third-order valence-corrected chi connectivity index (χ3v) is 4.69. The zero-order chi connectivity index (χ0) is 19.9. The van der Waals surface area contributed by atoms with E-state index in [1.807, 2.05) is 0 Å². The molecular formula is C20H25BF4N2. The van der Waals surface area contributed by atoms with Gasteiger partial charge in [-0.2, -0.15) is 0 Å². The van der Waals surface area contributed by atoms with E-state index < -0.39 is 7.25 Å². The molecule has 2 atom stereocenters. The molecular weight excluding hydrogens is 355 g/mol. The minimum atomic E-state index is -6.00. The highest BCUT2D eigenvalue weighted by atomic mass is 19.5. The van der Waals surface area contributed by atoms with Crippen molar-refractivity contribution in [2.75, 3.05) is 13.1 Å². The van der Waals surface area contributed by atoms with Crippen molar-refractivity contribution in [1.29, 1.82) is 0 Å². The van der Waals surface area contributed by atoms with Gasteiger partial charge in [0.05, 0.1) is 13.1 Å². The van der Waals surface area contributed by atoms with Crippen LogP contribution in [0, 0.1) is 0 Å². The Morgan fingerprint density at radius 1 is 0.852 bits per heavy atom. The Morgan fingerprint density at radius 2 is 1.33 bits per heavy atom. The van der Waals surface area contributed by atoms with Gasteiger partial charge in [0.1, 0.15) is 12.1 Å². The Bertz CT molecular complexity index is 714. The Labute approximate surface area is 158 Å². The Morgan fingerprint density at radius 3 is 1.85 bits per heavy atom. The highest BCUT2D eigenvalue weighted by molar-refractivity contribution is 6.50. The van der Waals surface area contributed by atoms with E-state index in [2.05, 4.69) is 90.3 Å². The maximum absolute atomic E-state index is 9.75. The fourth-order valence-electron chi connectivity index (χ4n) is 3.18. The summed E-state index contributed by atoms with van der Waals surface area (Å²) in [5, 5.41) is 0. The number of hydrogen-bond donors (Lipinski definition) is 0. The van der Waals surface area contributed by atoms with Crippen molar-refractivity contribution in [3.8, 4) is 0 Å². The molecule has 3 rings (SSSR count). The monoisotopic (exact) mass is 380 g/mol. The topological polar surface area (TPSA) is 6.25 Å². The van der Waals surface area contributed by atoms with Gasteiger partial charge in [-0.05, 0) is 25.0 Å². The maximum atomic E-state index is 9.75. The molecule has 1 heterocycles. The van der Waals surface area contributed by atoms with Crippen molar-refractivity contribution in [2.45, 2.75) is 32.4 Å². The van der Waals surface area contributed by atoms with Crippen LogP contribution < -0.4 is 0 Å². The van der Waals surface area contributed by atoms with Crippen LogP contribution in [0.3, 0.4) is 0 Å². The van der Waals surface area contributed by atoms with Crippen LogP contribution in [0.1, 0.15) is 43.5 Å². The van der Waals surface area contributed by atoms with E-state index in [0.29, 0.717) is 12.1 Å². The molecule has 2 aromatic rings. The van der Waals surface area contributed by atoms with E-state index in [-0.39, 0.29) is 0 Å². The molecule has 0 aliphatic carbocycles. The van der Waals surface area contributed by atoms with Gasteiger partial charge < -0.3 is 17.3 Å². The van der Waals surface area contributed by atoms with E-state index in [0.717, 1.165) is 13.1 Å². The number of nitrogens with zero attached hydrogens (tertiary/aromatic N) is 2. The van der Waals surface area contributed by atoms with Crippen LogP contribution in [0.4, 0.5) is 17.3 Å². The van der Waals surface area contributed by atoms with Crippen molar-refractivity contribution in [2.24, 2.45) is 0 Å². The molecule has 146 valence electrons. The second-order valence-electron chi connectivity index (χ2n) is 6.61. The molecule has 0 saturated carbocycles. The SMILES string of the molecule is C[C@H](c1ccccc1)N1C=[N+]([C@H](C)c2ccccc2)CCC1.F[B-](F)(F)F. The quantitative estimate of drug-likeness (QED) is 0.383. The first kappa shape index (κ1) is 21.0. The smallest absolute Gasteiger partial charge is 0.418 e. The molecule has 27 heavy (non-hydrogen) atoms. The lowest BCUT2D eigenvalue weighted by atomic mass is 10.1. The molecule has 2 aromatic carbocycles. The summed E-state index contributed by atoms with van der Waals surface area (Å²) >= 11 is 0. The van der Waals surface area contributed by atoms with Gasteiger partial charge in [-0.25, -0.2) is 0 Å². The van der Waals surface area contributed by atoms with E-state index in [9.17, 15) is 17.3 Å². The summed E-state index contributed by atoms with van der Waals surface area (Å²) in [5.74, 6) is 0. The van der Waals surface area contributed by atoms with Crippen molar-refractivity contribution in [3.05, 3.63) is 71.8 Å². The number of rotatable bonds is 4. The van der Waals surface area contributed by atoms with Gasteiger partial charge in [0.15, 0.2) is 0 Å². The predicted molar refractivity (Wildman–Crippen MR) is 102 cm³/mol. The van der Waals surface area contributed by atoms with Gasteiger partial charge in [0, 0.05) is 6.42 Å². The minimum absolute atomic E-state index is 0.423. The first-order valence-corrected chi connectivity index (χ1v) is 9.09. The molecule has 2 nitrogen and oxygen atoms in total. The van der Waals surface area contributed by atoms with Crippen LogP contribution in [0.25, 0.3) is 0 Å². The van der Waals surface area contributed by atoms with E-state index >= 15 is 0 Å². The average Bonchev–Trinajstić information content (AvgIpc) is 2.67. The van der Waals surface area contributed by atoms with E-state index in [1.54, 1.807) is 0 Å². The average molecular weight is 380 g/mol. The summed E-state index contributed by atoms with van der Waals surface area (Å²) < 4.78 is 41.5. The summed E-state index contributed by atoms with van der Waals surface area (Å²) in [7, 11) is -6.00. The summed E-state index contributed by atoms with van der Waals surface area (Å²) in [6, 6.07) is 22.4. The number of halogens is 4. The Balaban J connectivity index is 0.000000465. The van der Waals surface area contributed by atoms with Gasteiger partial charge in [-0.1, -0.05) is 60.7 Å². The van der Waals surface area contributed by atoms with Crippen molar-refractivity contribution in [1.82, 2.24) is 4.90 Å². The van der Waals surface area contributed by atoms with Crippen LogP contribution in [0.5, 0.6) is 0 Å². The molecule has 1 aliphatic heterocycles. The standard InChI is InChI=1S/C20H25N2.BF4/c1-17(19-10-5-3-6-11-19)21-14-9-15-22(16-21)18(2)20-12-7-4-8-13-20;2-1(3,4)5/h3-8,10-13,16-18H,9,14-15H2,1-2H3;/q+1;-1/t17-,18-;/m1./s1. The molecule has 1 aliphatic rings. The second kappa shape index (κ2) is 9.58. The van der Waals surface area contributed by atoms with Crippen molar-refractivity contribution < 1.29 is 21.8 Å². The summed E-state index contributed by atoms with van der Waals surface area (Å²) in [6.45, 7) is 6.85. The second-order valence-corrected chi connectivity index (χ2v) is 6.61. The third kappa shape index (κ3) is 7.08. The minimum Gasteiger partial charge on any atom is -0.418 e. The van der Waals surface area contributed by atoms with E-state index in [1.165, 1.54) is 17.5 Å². The summed E-state index contributed by atoms with van der Waals surface area (Å²) in [5.41, 5.74) is 2.76. The van der Waals surface area contributed by atoms with Crippen LogP contribution in [0.15, 0.2) is 60.7 Å². The molecule has 0 bridgehead atoms. The fraction of sp³-hybridized carbons (Fsp3) is 0.350. The molecule has 0 N–H and O–H groups in total. The van der Waals surface area contributed by atoms with Gasteiger partial charge in [0.2, 0.25) is 6.34 Å². The molecule has 0 unspecified atom stereocenters. The molecule has 0 saturated heterocycles. The first-order valence-electron chi connectivity index (χ1n) is 9.09. The van der Waals surface area contributed by atoms with Crippen molar-refractivity contribution >= 4 is 13.6 Å². The van der Waals surface area contributed by atoms with Gasteiger partial charge in [-0.15, -0.1) is 0 Å². The molecule has 0 fully saturated rings. The third-order valence-electron chi connectivity index (χ3n) is 4.69. The first-order chi connectivity index (χ1) is 12.8. The van der Waals surface area contributed by atoms with Crippen LogP contribution in [-0.2, 0) is 0 Å². The lowest BCUT2D eigenvalue weighted by Crippen LogP contribution is -2.38. The fourth-order valence-corrected chi connectivity index (χ4v) is 3.18. The van der Waals surface area contributed by atoms with Gasteiger partial charge in [-0.3, -0.25) is 9.48 Å². The molecule has 0 amide bonds. The zero-order valence-electron chi connectivity index (χ0n) is 15.6. The highest BCUT2D eigenvalue weighted by Gasteiger charge is 2.26. The zero-order valence-corrected chi connectivity index (χ0v) is 15.6. The Kier molecular flexibility index (Phi) is 7.45. The van der Waals surface area contributed by atoms with E-state index in [4.69, 9.17) is 0 Å². The summed E-state index contributed by atoms with van der Waals surface area (Å²) in [6.07, 6.45) is 3.55. The lowest BCUT2D eigenvalue weighted by Gasteiger charge is -2.28. The molecule has 0 spiro atoms. The molecule has 0 aromatic heterocycles. The van der Waals surface area contributed by atoms with Crippen molar-refractivity contribution in [3.63, 3.8) is 0 Å². The predicted octanol–water partition coefficient (Wildman–Crippen LogP) is 5.56. The lowest BCUT2D eigenvalue weighted by molar-refractivity contribution is -0.573. The Hall–Kier alpha value is -2.31. The largest absolute Gasteiger partial charge is 0.673 e. The number of hydrogen-bond acceptors (Lipinski definition) is 1.